The molecule has 0 aromatic carbocycles. The van der Waals surface area contributed by atoms with Gasteiger partial charge in [0.1, 0.15) is 0 Å². The van der Waals surface area contributed by atoms with Crippen LogP contribution < -0.4 is 5.32 Å². The lowest BCUT2D eigenvalue weighted by atomic mass is 10.1. The minimum Gasteiger partial charge on any atom is -0.345 e. The average molecular weight is 240 g/mol. The summed E-state index contributed by atoms with van der Waals surface area (Å²) < 4.78 is 0. The molecule has 0 aromatic heterocycles. The molecule has 0 spiro atoms. The Balaban J connectivity index is 2.44. The summed E-state index contributed by atoms with van der Waals surface area (Å²) in [5.41, 5.74) is 0. The number of carbonyl (C=O) groups excluding carboxylic acids is 2. The second kappa shape index (κ2) is 7.30. The van der Waals surface area contributed by atoms with E-state index in [0.29, 0.717) is 13.1 Å². The van der Waals surface area contributed by atoms with Crippen molar-refractivity contribution in [2.75, 3.05) is 13.1 Å². The number of hydrogen-bond acceptors (Lipinski definition) is 2. The summed E-state index contributed by atoms with van der Waals surface area (Å²) in [6.07, 6.45) is 6.83. The maximum absolute atomic E-state index is 11.8. The van der Waals surface area contributed by atoms with E-state index in [1.54, 1.807) is 4.90 Å². The van der Waals surface area contributed by atoms with Gasteiger partial charge in [0.05, 0.1) is 0 Å². The van der Waals surface area contributed by atoms with Crippen molar-refractivity contribution in [1.29, 1.82) is 0 Å². The van der Waals surface area contributed by atoms with Gasteiger partial charge in [-0.1, -0.05) is 25.7 Å². The Hall–Kier alpha value is -1.06. The van der Waals surface area contributed by atoms with Crippen LogP contribution in [0.3, 0.4) is 0 Å². The third-order valence-electron chi connectivity index (χ3n) is 3.44. The maximum Gasteiger partial charge on any atom is 0.311 e. The summed E-state index contributed by atoms with van der Waals surface area (Å²) in [6.45, 7) is 4.96. The lowest BCUT2D eigenvalue weighted by molar-refractivity contribution is -0.146. The zero-order valence-corrected chi connectivity index (χ0v) is 11.0. The van der Waals surface area contributed by atoms with Gasteiger partial charge in [-0.05, 0) is 26.7 Å². The Kier molecular flexibility index (Phi) is 6.01. The van der Waals surface area contributed by atoms with Crippen molar-refractivity contribution in [3.63, 3.8) is 0 Å². The number of amides is 2. The molecule has 0 atom stereocenters. The Morgan fingerprint density at radius 2 is 1.59 bits per heavy atom. The van der Waals surface area contributed by atoms with Crippen molar-refractivity contribution in [2.45, 2.75) is 58.4 Å². The fourth-order valence-corrected chi connectivity index (χ4v) is 2.33. The molecule has 2 amide bonds. The molecule has 98 valence electrons. The predicted molar refractivity (Wildman–Crippen MR) is 67.6 cm³/mol. The van der Waals surface area contributed by atoms with Crippen molar-refractivity contribution in [2.24, 2.45) is 0 Å². The molecule has 0 bridgehead atoms. The summed E-state index contributed by atoms with van der Waals surface area (Å²) in [4.78, 5) is 25.1. The molecular weight excluding hydrogens is 216 g/mol. The van der Waals surface area contributed by atoms with Crippen LogP contribution in [0.25, 0.3) is 0 Å². The Morgan fingerprint density at radius 3 is 2.06 bits per heavy atom. The molecule has 0 aromatic rings. The molecule has 1 rings (SSSR count). The van der Waals surface area contributed by atoms with Gasteiger partial charge in [0.2, 0.25) is 0 Å². The third-order valence-corrected chi connectivity index (χ3v) is 3.44. The molecular formula is C13H24N2O2. The summed E-state index contributed by atoms with van der Waals surface area (Å²) in [5.74, 6) is -0.820. The van der Waals surface area contributed by atoms with Gasteiger partial charge in [-0.15, -0.1) is 0 Å². The molecule has 1 aliphatic carbocycles. The van der Waals surface area contributed by atoms with Crippen LogP contribution in [0.4, 0.5) is 0 Å². The lowest BCUT2D eigenvalue weighted by Gasteiger charge is -2.21. The second-order valence-corrected chi connectivity index (χ2v) is 4.64. The topological polar surface area (TPSA) is 49.4 Å². The molecule has 1 aliphatic rings. The van der Waals surface area contributed by atoms with Gasteiger partial charge >= 0.3 is 11.8 Å². The van der Waals surface area contributed by atoms with E-state index in [4.69, 9.17) is 0 Å². The van der Waals surface area contributed by atoms with E-state index in [0.717, 1.165) is 25.7 Å². The predicted octanol–water partition coefficient (Wildman–Crippen LogP) is 1.69. The number of nitrogens with zero attached hydrogens (tertiary/aromatic N) is 1. The van der Waals surface area contributed by atoms with Gasteiger partial charge in [0.25, 0.3) is 0 Å². The Bertz CT molecular complexity index is 254. The maximum atomic E-state index is 11.8. The molecule has 4 nitrogen and oxygen atoms in total. The normalized spacial score (nSPS) is 17.3. The molecule has 0 aliphatic heterocycles. The van der Waals surface area contributed by atoms with E-state index in [-0.39, 0.29) is 11.9 Å². The van der Waals surface area contributed by atoms with Crippen LogP contribution in [-0.2, 0) is 9.59 Å². The molecule has 0 unspecified atom stereocenters. The molecule has 0 saturated heterocycles. The summed E-state index contributed by atoms with van der Waals surface area (Å²) in [5, 5.41) is 2.88. The van der Waals surface area contributed by atoms with Gasteiger partial charge < -0.3 is 10.2 Å². The second-order valence-electron chi connectivity index (χ2n) is 4.64. The minimum absolute atomic E-state index is 0.199. The van der Waals surface area contributed by atoms with Crippen LogP contribution in [0.15, 0.2) is 0 Å². The van der Waals surface area contributed by atoms with Crippen LogP contribution in [0, 0.1) is 0 Å². The highest BCUT2D eigenvalue weighted by atomic mass is 16.2. The van der Waals surface area contributed by atoms with E-state index in [1.807, 2.05) is 13.8 Å². The van der Waals surface area contributed by atoms with Crippen molar-refractivity contribution in [3.05, 3.63) is 0 Å². The molecule has 1 saturated carbocycles. The molecule has 4 heteroatoms. The quantitative estimate of drug-likeness (QED) is 0.603. The van der Waals surface area contributed by atoms with Crippen LogP contribution in [0.1, 0.15) is 52.4 Å². The zero-order valence-electron chi connectivity index (χ0n) is 11.0. The third kappa shape index (κ3) is 4.36. The van der Waals surface area contributed by atoms with Gasteiger partial charge in [-0.2, -0.15) is 0 Å². The van der Waals surface area contributed by atoms with Gasteiger partial charge in [0, 0.05) is 19.1 Å². The number of likely N-dealkylation sites (N-methyl/N-ethyl adjacent to an activating group) is 1. The zero-order chi connectivity index (χ0) is 12.7. The standard InChI is InChI=1S/C13H24N2O2/c1-3-15(4-2)13(17)12(16)14-11-9-7-5-6-8-10-11/h11H,3-10H2,1-2H3,(H,14,16). The van der Waals surface area contributed by atoms with Crippen molar-refractivity contribution in [3.8, 4) is 0 Å². The van der Waals surface area contributed by atoms with Crippen LogP contribution >= 0.6 is 0 Å². The van der Waals surface area contributed by atoms with Crippen molar-refractivity contribution in [1.82, 2.24) is 10.2 Å². The lowest BCUT2D eigenvalue weighted by Crippen LogP contribution is -2.46. The average Bonchev–Trinajstić information content (AvgIpc) is 2.59. The number of hydrogen-bond donors (Lipinski definition) is 1. The Labute approximate surface area is 104 Å². The van der Waals surface area contributed by atoms with E-state index in [2.05, 4.69) is 5.32 Å². The van der Waals surface area contributed by atoms with Gasteiger partial charge in [-0.3, -0.25) is 9.59 Å². The fourth-order valence-electron chi connectivity index (χ4n) is 2.33. The van der Waals surface area contributed by atoms with Crippen LogP contribution in [-0.4, -0.2) is 35.8 Å². The SMILES string of the molecule is CCN(CC)C(=O)C(=O)NC1CCCCCC1. The summed E-state index contributed by atoms with van der Waals surface area (Å²) in [7, 11) is 0. The first kappa shape index (κ1) is 14.0. The molecule has 0 radical (unpaired) electrons. The van der Waals surface area contributed by atoms with E-state index < -0.39 is 5.91 Å². The van der Waals surface area contributed by atoms with E-state index in [9.17, 15) is 9.59 Å². The summed E-state index contributed by atoms with van der Waals surface area (Å²) >= 11 is 0. The highest BCUT2D eigenvalue weighted by Gasteiger charge is 2.22. The molecule has 1 N–H and O–H groups in total. The smallest absolute Gasteiger partial charge is 0.311 e. The summed E-state index contributed by atoms with van der Waals surface area (Å²) in [6, 6.07) is 0.199. The molecule has 17 heavy (non-hydrogen) atoms. The van der Waals surface area contributed by atoms with E-state index in [1.165, 1.54) is 12.8 Å². The minimum atomic E-state index is -0.430. The molecule has 0 heterocycles. The molecule has 1 fully saturated rings. The fraction of sp³-hybridized carbons (Fsp3) is 0.846. The van der Waals surface area contributed by atoms with Crippen molar-refractivity contribution >= 4 is 11.8 Å². The van der Waals surface area contributed by atoms with Crippen LogP contribution in [0.2, 0.25) is 0 Å². The largest absolute Gasteiger partial charge is 0.345 e. The first-order chi connectivity index (χ1) is 8.19. The van der Waals surface area contributed by atoms with E-state index >= 15 is 0 Å². The highest BCUT2D eigenvalue weighted by Crippen LogP contribution is 2.17. The van der Waals surface area contributed by atoms with Crippen molar-refractivity contribution < 1.29 is 9.59 Å². The van der Waals surface area contributed by atoms with Gasteiger partial charge in [0.15, 0.2) is 0 Å². The number of carbonyl (C=O) groups is 2. The number of rotatable bonds is 3. The number of nitrogens with one attached hydrogen (secondary N) is 1. The van der Waals surface area contributed by atoms with Gasteiger partial charge in [-0.25, -0.2) is 0 Å². The Morgan fingerprint density at radius 1 is 1.06 bits per heavy atom. The first-order valence-corrected chi connectivity index (χ1v) is 6.78. The monoisotopic (exact) mass is 240 g/mol. The van der Waals surface area contributed by atoms with Crippen LogP contribution in [0.5, 0.6) is 0 Å². The first-order valence-electron chi connectivity index (χ1n) is 6.78. The highest BCUT2D eigenvalue weighted by molar-refractivity contribution is 6.35.